The molecule has 9 heteroatoms. The summed E-state index contributed by atoms with van der Waals surface area (Å²) in [5.74, 6) is -1.41. The monoisotopic (exact) mass is 396 g/mol. The van der Waals surface area contributed by atoms with E-state index in [0.717, 1.165) is 5.56 Å². The van der Waals surface area contributed by atoms with Crippen LogP contribution in [0.4, 0.5) is 4.79 Å². The molecule has 0 bridgehead atoms. The number of hydrogen-bond acceptors (Lipinski definition) is 6. The first kappa shape index (κ1) is 19.6. The minimum Gasteiger partial charge on any atom is -0.459 e. The Morgan fingerprint density at radius 1 is 1.30 bits per heavy atom. The van der Waals surface area contributed by atoms with Gasteiger partial charge in [0.05, 0.1) is 6.54 Å². The number of rotatable bonds is 5. The molecule has 0 aromatic heterocycles. The van der Waals surface area contributed by atoms with Crippen molar-refractivity contribution >= 4 is 22.3 Å². The van der Waals surface area contributed by atoms with E-state index in [-0.39, 0.29) is 19.1 Å². The number of cyclic esters (lactones) is 1. The lowest BCUT2D eigenvalue weighted by Gasteiger charge is -2.27. The molecule has 1 saturated heterocycles. The number of amides is 1. The van der Waals surface area contributed by atoms with E-state index in [2.05, 4.69) is 4.72 Å². The van der Waals surface area contributed by atoms with E-state index < -0.39 is 39.3 Å². The minimum absolute atomic E-state index is 0.0170. The second-order valence-corrected chi connectivity index (χ2v) is 9.44. The smallest absolute Gasteiger partial charge is 0.424 e. The van der Waals surface area contributed by atoms with Crippen molar-refractivity contribution in [3.8, 4) is 0 Å². The van der Waals surface area contributed by atoms with Gasteiger partial charge in [-0.2, -0.15) is 17.4 Å². The third-order valence-electron chi connectivity index (χ3n) is 4.81. The van der Waals surface area contributed by atoms with Crippen molar-refractivity contribution in [2.75, 3.05) is 13.2 Å². The molecular weight excluding hydrogens is 372 g/mol. The summed E-state index contributed by atoms with van der Waals surface area (Å²) < 4.78 is 38.9. The van der Waals surface area contributed by atoms with E-state index in [1.54, 1.807) is 27.7 Å². The number of benzene rings is 1. The predicted molar refractivity (Wildman–Crippen MR) is 97.0 cm³/mol. The number of nitrogens with one attached hydrogen (secondary N) is 1. The molecule has 1 amide bonds. The van der Waals surface area contributed by atoms with Crippen molar-refractivity contribution < 1.29 is 27.5 Å². The lowest BCUT2D eigenvalue weighted by atomic mass is 10.1. The summed E-state index contributed by atoms with van der Waals surface area (Å²) in [6.45, 7) is 6.83. The normalized spacial score (nSPS) is 28.0. The lowest BCUT2D eigenvalue weighted by molar-refractivity contribution is -0.158. The summed E-state index contributed by atoms with van der Waals surface area (Å²) in [7, 11) is -4.27. The van der Waals surface area contributed by atoms with Gasteiger partial charge in [0.25, 0.3) is 0 Å². The van der Waals surface area contributed by atoms with E-state index >= 15 is 0 Å². The summed E-state index contributed by atoms with van der Waals surface area (Å²) in [6, 6.07) is 9.17. The molecule has 8 nitrogen and oxygen atoms in total. The Labute approximate surface area is 159 Å². The first-order chi connectivity index (χ1) is 12.5. The molecule has 1 N–H and O–H groups in total. The SMILES string of the molecule is CC1[C@H](c2ccccc2)[C@]1(NS(=O)(=O)N1CCOC1=O)C(=O)OC(C)(C)C. The highest BCUT2D eigenvalue weighted by atomic mass is 32.2. The number of esters is 1. The van der Waals surface area contributed by atoms with Gasteiger partial charge in [-0.3, -0.25) is 0 Å². The molecule has 1 heterocycles. The van der Waals surface area contributed by atoms with Gasteiger partial charge in [0, 0.05) is 5.92 Å². The quantitative estimate of drug-likeness (QED) is 0.762. The van der Waals surface area contributed by atoms with Crippen molar-refractivity contribution in [2.45, 2.75) is 44.8 Å². The highest BCUT2D eigenvalue weighted by Gasteiger charge is 2.71. The number of carbonyl (C=O) groups is 2. The minimum atomic E-state index is -4.27. The van der Waals surface area contributed by atoms with Gasteiger partial charge in [0.1, 0.15) is 17.7 Å². The average molecular weight is 396 g/mol. The lowest BCUT2D eigenvalue weighted by Crippen LogP contribution is -2.53. The van der Waals surface area contributed by atoms with Crippen LogP contribution in [0.2, 0.25) is 0 Å². The van der Waals surface area contributed by atoms with E-state index in [9.17, 15) is 18.0 Å². The van der Waals surface area contributed by atoms with Gasteiger partial charge in [-0.05, 0) is 32.3 Å². The summed E-state index contributed by atoms with van der Waals surface area (Å²) in [6.07, 6.45) is -0.952. The number of hydrogen-bond donors (Lipinski definition) is 1. The Balaban J connectivity index is 1.97. The maximum Gasteiger partial charge on any atom is 0.424 e. The van der Waals surface area contributed by atoms with Crippen LogP contribution in [-0.4, -0.2) is 49.1 Å². The highest BCUT2D eigenvalue weighted by Crippen LogP contribution is 2.58. The first-order valence-electron chi connectivity index (χ1n) is 8.76. The Hall–Kier alpha value is -2.13. The summed E-state index contributed by atoms with van der Waals surface area (Å²) in [5, 5.41) is 0. The molecule has 0 spiro atoms. The molecule has 3 atom stereocenters. The standard InChI is InChI=1S/C18H24N2O6S/c1-12-14(13-8-6-5-7-9-13)18(12,15(21)26-17(2,3)4)19-27(23,24)20-10-11-25-16(20)22/h5-9,12,14,19H,10-11H2,1-4H3/t12?,14-,18+/m1/s1. The molecule has 2 aliphatic rings. The van der Waals surface area contributed by atoms with E-state index in [0.29, 0.717) is 4.31 Å². The van der Waals surface area contributed by atoms with Gasteiger partial charge in [-0.1, -0.05) is 37.3 Å². The van der Waals surface area contributed by atoms with Crippen LogP contribution in [-0.2, 0) is 24.5 Å². The molecule has 1 unspecified atom stereocenters. The van der Waals surface area contributed by atoms with Gasteiger partial charge < -0.3 is 9.47 Å². The fraction of sp³-hybridized carbons (Fsp3) is 0.556. The van der Waals surface area contributed by atoms with Crippen LogP contribution in [0.3, 0.4) is 0 Å². The molecule has 1 aromatic carbocycles. The van der Waals surface area contributed by atoms with Crippen molar-refractivity contribution in [1.82, 2.24) is 9.03 Å². The van der Waals surface area contributed by atoms with Gasteiger partial charge in [0.15, 0.2) is 0 Å². The molecular formula is C18H24N2O6S. The van der Waals surface area contributed by atoms with Crippen LogP contribution in [0.25, 0.3) is 0 Å². The summed E-state index contributed by atoms with van der Waals surface area (Å²) in [5.41, 5.74) is -1.44. The van der Waals surface area contributed by atoms with E-state index in [1.165, 1.54) is 0 Å². The van der Waals surface area contributed by atoms with Crippen molar-refractivity contribution in [2.24, 2.45) is 5.92 Å². The molecule has 27 heavy (non-hydrogen) atoms. The zero-order valence-electron chi connectivity index (χ0n) is 15.8. The molecule has 1 saturated carbocycles. The van der Waals surface area contributed by atoms with Crippen LogP contribution in [0.1, 0.15) is 39.2 Å². The Morgan fingerprint density at radius 3 is 2.44 bits per heavy atom. The second kappa shape index (κ2) is 6.49. The Kier molecular flexibility index (Phi) is 4.72. The van der Waals surface area contributed by atoms with Crippen LogP contribution >= 0.6 is 0 Å². The largest absolute Gasteiger partial charge is 0.459 e. The summed E-state index contributed by atoms with van der Waals surface area (Å²) in [4.78, 5) is 24.8. The van der Waals surface area contributed by atoms with Crippen molar-refractivity contribution in [3.63, 3.8) is 0 Å². The van der Waals surface area contributed by atoms with Crippen molar-refractivity contribution in [3.05, 3.63) is 35.9 Å². The van der Waals surface area contributed by atoms with Crippen LogP contribution in [0.5, 0.6) is 0 Å². The highest BCUT2D eigenvalue weighted by molar-refractivity contribution is 7.87. The third-order valence-corrected chi connectivity index (χ3v) is 6.31. The van der Waals surface area contributed by atoms with Crippen LogP contribution in [0.15, 0.2) is 30.3 Å². The number of nitrogens with zero attached hydrogens (tertiary/aromatic N) is 1. The topological polar surface area (TPSA) is 102 Å². The van der Waals surface area contributed by atoms with Gasteiger partial charge >= 0.3 is 22.3 Å². The first-order valence-corrected chi connectivity index (χ1v) is 10.2. The van der Waals surface area contributed by atoms with Crippen LogP contribution in [0, 0.1) is 5.92 Å². The maximum absolute atomic E-state index is 13.0. The van der Waals surface area contributed by atoms with E-state index in [1.807, 2.05) is 30.3 Å². The fourth-order valence-electron chi connectivity index (χ4n) is 3.51. The second-order valence-electron chi connectivity index (χ2n) is 7.84. The average Bonchev–Trinajstić information content (AvgIpc) is 2.90. The molecule has 0 radical (unpaired) electrons. The molecule has 1 aromatic rings. The molecule has 2 fully saturated rings. The number of ether oxygens (including phenoxy) is 2. The molecule has 148 valence electrons. The Morgan fingerprint density at radius 2 is 1.93 bits per heavy atom. The maximum atomic E-state index is 13.0. The molecule has 1 aliphatic heterocycles. The third kappa shape index (κ3) is 3.53. The molecule has 1 aliphatic carbocycles. The Bertz CT molecular complexity index is 848. The summed E-state index contributed by atoms with van der Waals surface area (Å²) >= 11 is 0. The number of carbonyl (C=O) groups excluding carboxylic acids is 2. The van der Waals surface area contributed by atoms with Gasteiger partial charge in [0.2, 0.25) is 0 Å². The van der Waals surface area contributed by atoms with Crippen LogP contribution < -0.4 is 4.72 Å². The van der Waals surface area contributed by atoms with Crippen molar-refractivity contribution in [1.29, 1.82) is 0 Å². The van der Waals surface area contributed by atoms with E-state index in [4.69, 9.17) is 9.47 Å². The zero-order valence-corrected chi connectivity index (χ0v) is 16.6. The van der Waals surface area contributed by atoms with Gasteiger partial charge in [-0.15, -0.1) is 0 Å². The zero-order chi connectivity index (χ0) is 20.0. The van der Waals surface area contributed by atoms with Gasteiger partial charge in [-0.25, -0.2) is 9.59 Å². The fourth-order valence-corrected chi connectivity index (χ4v) is 5.01. The predicted octanol–water partition coefficient (Wildman–Crippen LogP) is 1.79. The molecule has 3 rings (SSSR count).